The Bertz CT molecular complexity index is 1650. The van der Waals surface area contributed by atoms with E-state index in [9.17, 15) is 38.7 Å². The molecular weight excluding hydrogens is 656 g/mol. The lowest BCUT2D eigenvalue weighted by Gasteiger charge is -2.26. The van der Waals surface area contributed by atoms with Gasteiger partial charge in [0.2, 0.25) is 29.5 Å². The average Bonchev–Trinajstić information content (AvgIpc) is 3.47. The predicted molar refractivity (Wildman–Crippen MR) is 181 cm³/mol. The minimum atomic E-state index is -1.63. The molecule has 0 radical (unpaired) electrons. The molecule has 16 heteroatoms. The third-order valence-corrected chi connectivity index (χ3v) is 8.16. The number of aromatic amines is 1. The van der Waals surface area contributed by atoms with Gasteiger partial charge in [0.15, 0.2) is 0 Å². The van der Waals surface area contributed by atoms with Crippen LogP contribution in [0.15, 0.2) is 60.8 Å². The molecule has 3 rings (SSSR count). The minimum Gasteiger partial charge on any atom is -0.481 e. The van der Waals surface area contributed by atoms with Gasteiger partial charge in [-0.3, -0.25) is 33.6 Å². The van der Waals surface area contributed by atoms with Crippen molar-refractivity contribution in [2.75, 3.05) is 12.0 Å². The van der Waals surface area contributed by atoms with Gasteiger partial charge in [0.1, 0.15) is 24.2 Å². The van der Waals surface area contributed by atoms with Gasteiger partial charge < -0.3 is 42.2 Å². The second kappa shape index (κ2) is 18.8. The van der Waals surface area contributed by atoms with Gasteiger partial charge in [-0.05, 0) is 35.6 Å². The molecule has 5 amide bonds. The lowest BCUT2D eigenvalue weighted by Crippen LogP contribution is -2.59. The molecule has 0 spiro atoms. The fourth-order valence-electron chi connectivity index (χ4n) is 4.99. The summed E-state index contributed by atoms with van der Waals surface area (Å²) in [4.78, 5) is 91.0. The first-order chi connectivity index (χ1) is 23.4. The molecule has 0 bridgehead atoms. The Morgan fingerprint density at radius 3 is 2.00 bits per heavy atom. The zero-order chi connectivity index (χ0) is 35.9. The fourth-order valence-corrected chi connectivity index (χ4v) is 5.47. The number of aromatic nitrogens is 1. The van der Waals surface area contributed by atoms with Crippen molar-refractivity contribution in [1.82, 2.24) is 26.3 Å². The van der Waals surface area contributed by atoms with Crippen LogP contribution in [0.5, 0.6) is 0 Å². The summed E-state index contributed by atoms with van der Waals surface area (Å²) < 4.78 is 0. The van der Waals surface area contributed by atoms with E-state index in [1.807, 2.05) is 18.2 Å². The minimum absolute atomic E-state index is 0.00844. The summed E-state index contributed by atoms with van der Waals surface area (Å²) in [5.41, 5.74) is 7.65. The first-order valence-electron chi connectivity index (χ1n) is 15.4. The van der Waals surface area contributed by atoms with E-state index in [-0.39, 0.29) is 25.7 Å². The molecule has 4 atom stereocenters. The fraction of sp³-hybridized carbons (Fsp3) is 0.364. The maximum atomic E-state index is 13.7. The van der Waals surface area contributed by atoms with Gasteiger partial charge in [0, 0.05) is 36.4 Å². The molecule has 9 N–H and O–H groups in total. The Morgan fingerprint density at radius 1 is 0.735 bits per heavy atom. The van der Waals surface area contributed by atoms with Crippen molar-refractivity contribution in [3.05, 3.63) is 71.9 Å². The Hall–Kier alpha value is -5.38. The summed E-state index contributed by atoms with van der Waals surface area (Å²) >= 11 is 1.37. The summed E-state index contributed by atoms with van der Waals surface area (Å²) in [5.74, 6) is -6.37. The number of nitrogens with two attached hydrogens (primary N) is 1. The molecule has 0 aliphatic rings. The lowest BCUT2D eigenvalue weighted by molar-refractivity contribution is -0.141. The number of amides is 5. The average molecular weight is 697 g/mol. The summed E-state index contributed by atoms with van der Waals surface area (Å²) in [5, 5.41) is 29.3. The van der Waals surface area contributed by atoms with Crippen molar-refractivity contribution in [2.24, 2.45) is 5.73 Å². The van der Waals surface area contributed by atoms with Crippen LogP contribution in [0.25, 0.3) is 10.9 Å². The number of rotatable bonds is 20. The molecule has 0 saturated heterocycles. The first kappa shape index (κ1) is 38.1. The maximum Gasteiger partial charge on any atom is 0.305 e. The molecular formula is C33H40N6O9S. The Labute approximate surface area is 286 Å². The number of primary amides is 1. The number of carbonyl (C=O) groups is 7. The molecule has 2 aromatic carbocycles. The topological polar surface area (TPSA) is 250 Å². The molecule has 0 unspecified atom stereocenters. The van der Waals surface area contributed by atoms with Crippen molar-refractivity contribution in [1.29, 1.82) is 0 Å². The van der Waals surface area contributed by atoms with E-state index in [1.54, 1.807) is 48.9 Å². The second-order valence-electron chi connectivity index (χ2n) is 11.2. The SMILES string of the molecule is CSCC[C@H](NC(=O)[C@H](Cc1c[nH]c2ccccc12)NC(=O)CCC(=O)O)C(=O)N[C@@H](CC(=O)O)C(=O)N[C@@H](Cc1ccccc1)C(N)=O. The standard InChI is InChI=1S/C33H40N6O9S/c1-49-14-13-23(31(46)39-26(17-29(43)44)33(48)38-24(30(34)45)15-19-7-3-2-4-8-19)37-32(47)25(36-27(40)11-12-28(41)42)16-20-18-35-22-10-6-5-9-21(20)22/h2-10,18,23-26,35H,11-17H2,1H3,(H2,34,45)(H,36,40)(H,37,47)(H,38,48)(H,39,46)(H,41,42)(H,43,44)/t23-,24-,25-,26-/m0/s1. The molecule has 0 aliphatic carbocycles. The molecule has 0 aliphatic heterocycles. The number of thioether (sulfide) groups is 1. The van der Waals surface area contributed by atoms with E-state index in [2.05, 4.69) is 26.3 Å². The zero-order valence-electron chi connectivity index (χ0n) is 26.8. The van der Waals surface area contributed by atoms with Crippen molar-refractivity contribution in [3.8, 4) is 0 Å². The lowest BCUT2D eigenvalue weighted by atomic mass is 10.0. The largest absolute Gasteiger partial charge is 0.481 e. The molecule has 15 nitrogen and oxygen atoms in total. The van der Waals surface area contributed by atoms with Gasteiger partial charge in [-0.25, -0.2) is 0 Å². The number of H-pyrrole nitrogens is 1. The summed E-state index contributed by atoms with van der Waals surface area (Å²) in [7, 11) is 0. The van der Waals surface area contributed by atoms with Crippen LogP contribution in [0.3, 0.4) is 0 Å². The number of fused-ring (bicyclic) bond motifs is 1. The zero-order valence-corrected chi connectivity index (χ0v) is 27.6. The van der Waals surface area contributed by atoms with Gasteiger partial charge in [0.25, 0.3) is 0 Å². The number of nitrogens with one attached hydrogen (secondary N) is 5. The normalized spacial score (nSPS) is 13.3. The smallest absolute Gasteiger partial charge is 0.305 e. The number of benzene rings is 2. The van der Waals surface area contributed by atoms with Gasteiger partial charge in [0.05, 0.1) is 12.8 Å². The Kier molecular flexibility index (Phi) is 14.6. The van der Waals surface area contributed by atoms with E-state index in [0.29, 0.717) is 16.9 Å². The maximum absolute atomic E-state index is 13.7. The quantitative estimate of drug-likeness (QED) is 0.0811. The second-order valence-corrected chi connectivity index (χ2v) is 12.2. The van der Waals surface area contributed by atoms with Crippen LogP contribution in [0.1, 0.15) is 36.8 Å². The predicted octanol–water partition coefficient (Wildman–Crippen LogP) is 0.470. The van der Waals surface area contributed by atoms with Crippen LogP contribution in [0.2, 0.25) is 0 Å². The molecule has 1 aromatic heterocycles. The van der Waals surface area contributed by atoms with E-state index in [1.165, 1.54) is 11.8 Å². The van der Waals surface area contributed by atoms with Crippen LogP contribution in [0.4, 0.5) is 0 Å². The van der Waals surface area contributed by atoms with E-state index in [0.717, 1.165) is 10.9 Å². The van der Waals surface area contributed by atoms with Gasteiger partial charge in [-0.2, -0.15) is 11.8 Å². The monoisotopic (exact) mass is 696 g/mol. The summed E-state index contributed by atoms with van der Waals surface area (Å²) in [6.07, 6.45) is 1.87. The van der Waals surface area contributed by atoms with Crippen molar-refractivity contribution in [2.45, 2.75) is 62.7 Å². The third kappa shape index (κ3) is 12.3. The molecule has 3 aromatic rings. The van der Waals surface area contributed by atoms with Crippen molar-refractivity contribution >= 4 is 64.1 Å². The summed E-state index contributed by atoms with van der Waals surface area (Å²) in [6.45, 7) is 0. The molecule has 1 heterocycles. The number of carboxylic acids is 2. The highest BCUT2D eigenvalue weighted by Crippen LogP contribution is 2.19. The Balaban J connectivity index is 1.80. The van der Waals surface area contributed by atoms with Crippen molar-refractivity contribution in [3.63, 3.8) is 0 Å². The van der Waals surface area contributed by atoms with E-state index < -0.39 is 78.5 Å². The molecule has 49 heavy (non-hydrogen) atoms. The number of aliphatic carboxylic acids is 2. The van der Waals surface area contributed by atoms with Crippen molar-refractivity contribution < 1.29 is 43.8 Å². The first-order valence-corrected chi connectivity index (χ1v) is 16.8. The molecule has 0 saturated carbocycles. The van der Waals surface area contributed by atoms with Gasteiger partial charge in [-0.1, -0.05) is 48.5 Å². The number of carboxylic acid groups (broad SMARTS) is 2. The van der Waals surface area contributed by atoms with Gasteiger partial charge in [-0.15, -0.1) is 0 Å². The van der Waals surface area contributed by atoms with Crippen LogP contribution in [-0.4, -0.2) is 92.8 Å². The summed E-state index contributed by atoms with van der Waals surface area (Å²) in [6, 6.07) is 10.6. The van der Waals surface area contributed by atoms with Gasteiger partial charge >= 0.3 is 11.9 Å². The van der Waals surface area contributed by atoms with E-state index in [4.69, 9.17) is 10.8 Å². The number of carbonyl (C=O) groups excluding carboxylic acids is 5. The van der Waals surface area contributed by atoms with Crippen LogP contribution in [0, 0.1) is 0 Å². The highest BCUT2D eigenvalue weighted by Gasteiger charge is 2.32. The number of hydrogen-bond acceptors (Lipinski definition) is 8. The molecule has 262 valence electrons. The number of hydrogen-bond donors (Lipinski definition) is 8. The van der Waals surface area contributed by atoms with Crippen LogP contribution >= 0.6 is 11.8 Å². The van der Waals surface area contributed by atoms with Crippen LogP contribution in [-0.2, 0) is 46.4 Å². The third-order valence-electron chi connectivity index (χ3n) is 7.51. The molecule has 0 fully saturated rings. The number of para-hydroxylation sites is 1. The highest BCUT2D eigenvalue weighted by atomic mass is 32.2. The van der Waals surface area contributed by atoms with Crippen LogP contribution < -0.4 is 27.0 Å². The highest BCUT2D eigenvalue weighted by molar-refractivity contribution is 7.98. The Morgan fingerprint density at radius 2 is 1.35 bits per heavy atom. The van der Waals surface area contributed by atoms with E-state index >= 15 is 0 Å².